The second kappa shape index (κ2) is 6.33. The molecule has 0 aliphatic heterocycles. The van der Waals surface area contributed by atoms with E-state index in [4.69, 9.17) is 4.74 Å². The quantitative estimate of drug-likeness (QED) is 0.845. The first-order chi connectivity index (χ1) is 9.17. The molecule has 0 fully saturated rings. The van der Waals surface area contributed by atoms with Crippen LogP contribution in [0.4, 0.5) is 5.95 Å². The predicted molar refractivity (Wildman–Crippen MR) is 74.8 cm³/mol. The van der Waals surface area contributed by atoms with Gasteiger partial charge in [0.25, 0.3) is 0 Å². The Kier molecular flexibility index (Phi) is 4.51. The molecule has 6 nitrogen and oxygen atoms in total. The van der Waals surface area contributed by atoms with Crippen molar-refractivity contribution in [1.29, 1.82) is 0 Å². The number of aromatic nitrogens is 3. The van der Waals surface area contributed by atoms with Crippen LogP contribution < -0.4 is 14.9 Å². The van der Waals surface area contributed by atoms with Crippen LogP contribution in [0, 0.1) is 6.92 Å². The molecule has 2 heterocycles. The molecule has 0 saturated carbocycles. The van der Waals surface area contributed by atoms with E-state index in [9.17, 15) is 4.79 Å². The molecular formula is C12H16N4O2S. The maximum Gasteiger partial charge on any atom is 0.304 e. The maximum absolute atomic E-state index is 11.0. The Morgan fingerprint density at radius 2 is 2.32 bits per heavy atom. The molecule has 0 aromatic carbocycles. The van der Waals surface area contributed by atoms with E-state index in [1.165, 1.54) is 0 Å². The van der Waals surface area contributed by atoms with Crippen molar-refractivity contribution in [3.05, 3.63) is 32.5 Å². The molecule has 0 aliphatic carbocycles. The van der Waals surface area contributed by atoms with Crippen molar-refractivity contribution in [1.82, 2.24) is 15.0 Å². The largest absolute Gasteiger partial charge is 0.478 e. The van der Waals surface area contributed by atoms with E-state index in [0.29, 0.717) is 25.0 Å². The molecule has 0 bridgehead atoms. The van der Waals surface area contributed by atoms with E-state index in [-0.39, 0.29) is 4.87 Å². The molecule has 2 aromatic heterocycles. The summed E-state index contributed by atoms with van der Waals surface area (Å²) in [5.41, 5.74) is 1.65. The monoisotopic (exact) mass is 280 g/mol. The lowest BCUT2D eigenvalue weighted by Gasteiger charge is -2.08. The van der Waals surface area contributed by atoms with Gasteiger partial charge in [-0.15, -0.1) is 0 Å². The summed E-state index contributed by atoms with van der Waals surface area (Å²) in [7, 11) is 0. The summed E-state index contributed by atoms with van der Waals surface area (Å²) in [5.74, 6) is 1.06. The van der Waals surface area contributed by atoms with E-state index in [1.54, 1.807) is 11.4 Å². The van der Waals surface area contributed by atoms with Crippen molar-refractivity contribution in [2.45, 2.75) is 26.8 Å². The zero-order valence-electron chi connectivity index (χ0n) is 10.9. The van der Waals surface area contributed by atoms with Crippen LogP contribution in [0.15, 0.2) is 16.2 Å². The normalized spacial score (nSPS) is 10.4. The lowest BCUT2D eigenvalue weighted by atomic mass is 10.4. The number of anilines is 1. The summed E-state index contributed by atoms with van der Waals surface area (Å²) < 4.78 is 5.49. The van der Waals surface area contributed by atoms with Crippen LogP contribution in [-0.4, -0.2) is 21.6 Å². The number of ether oxygens (including phenoxy) is 1. The fraction of sp³-hybridized carbons (Fsp3) is 0.417. The number of nitrogens with one attached hydrogen (secondary N) is 2. The minimum atomic E-state index is -0.0612. The summed E-state index contributed by atoms with van der Waals surface area (Å²) in [4.78, 5) is 22.2. The molecule has 2 aromatic rings. The highest BCUT2D eigenvalue weighted by atomic mass is 32.1. The summed E-state index contributed by atoms with van der Waals surface area (Å²) in [6.07, 6.45) is 0.932. The van der Waals surface area contributed by atoms with Gasteiger partial charge in [-0.05, 0) is 13.3 Å². The van der Waals surface area contributed by atoms with Crippen molar-refractivity contribution in [2.75, 3.05) is 11.9 Å². The third-order valence-corrected chi connectivity index (χ3v) is 3.01. The number of hydrogen-bond acceptors (Lipinski definition) is 6. The Morgan fingerprint density at radius 3 is 3.00 bits per heavy atom. The first-order valence-corrected chi connectivity index (χ1v) is 6.94. The molecule has 0 amide bonds. The van der Waals surface area contributed by atoms with E-state index >= 15 is 0 Å². The van der Waals surface area contributed by atoms with E-state index in [0.717, 1.165) is 29.1 Å². The molecule has 19 heavy (non-hydrogen) atoms. The third kappa shape index (κ3) is 4.06. The molecule has 0 unspecified atom stereocenters. The summed E-state index contributed by atoms with van der Waals surface area (Å²) in [6, 6.07) is 1.80. The third-order valence-electron chi connectivity index (χ3n) is 2.29. The first-order valence-electron chi connectivity index (χ1n) is 6.06. The summed E-state index contributed by atoms with van der Waals surface area (Å²) in [6.45, 7) is 5.04. The van der Waals surface area contributed by atoms with Crippen LogP contribution in [-0.2, 0) is 6.54 Å². The van der Waals surface area contributed by atoms with Crippen molar-refractivity contribution in [2.24, 2.45) is 0 Å². The molecule has 102 valence electrons. The van der Waals surface area contributed by atoms with Gasteiger partial charge in [0.1, 0.15) is 0 Å². The van der Waals surface area contributed by atoms with Gasteiger partial charge in [-0.2, -0.15) is 4.98 Å². The van der Waals surface area contributed by atoms with Crippen molar-refractivity contribution in [3.8, 4) is 5.88 Å². The minimum absolute atomic E-state index is 0.0612. The SMILES string of the molecule is CCCOc1cc(C)nc(NCc2csc(=O)[nH]2)n1. The zero-order chi connectivity index (χ0) is 13.7. The number of nitrogens with zero attached hydrogens (tertiary/aromatic N) is 2. The van der Waals surface area contributed by atoms with Crippen LogP contribution in [0.1, 0.15) is 24.7 Å². The predicted octanol–water partition coefficient (Wildman–Crippen LogP) is 1.94. The standard InChI is InChI=1S/C12H16N4O2S/c1-3-4-18-10-5-8(2)14-11(16-10)13-6-9-7-19-12(17)15-9/h5,7H,3-4,6H2,1-2H3,(H,15,17)(H,13,14,16). The number of aryl methyl sites for hydroxylation is 1. The Labute approximate surface area is 114 Å². The highest BCUT2D eigenvalue weighted by Crippen LogP contribution is 2.12. The van der Waals surface area contributed by atoms with Crippen molar-refractivity contribution >= 4 is 17.3 Å². The number of H-pyrrole nitrogens is 1. The average Bonchev–Trinajstić information content (AvgIpc) is 2.79. The minimum Gasteiger partial charge on any atom is -0.478 e. The number of hydrogen-bond donors (Lipinski definition) is 2. The maximum atomic E-state index is 11.0. The number of rotatable bonds is 6. The molecule has 0 saturated heterocycles. The van der Waals surface area contributed by atoms with Gasteiger partial charge in [0.05, 0.1) is 13.2 Å². The van der Waals surface area contributed by atoms with E-state index < -0.39 is 0 Å². The fourth-order valence-electron chi connectivity index (χ4n) is 1.47. The van der Waals surface area contributed by atoms with Gasteiger partial charge in [-0.3, -0.25) is 4.79 Å². The molecule has 0 spiro atoms. The Bertz CT molecular complexity index is 593. The summed E-state index contributed by atoms with van der Waals surface area (Å²) >= 11 is 1.14. The van der Waals surface area contributed by atoms with Gasteiger partial charge >= 0.3 is 4.87 Å². The second-order valence-electron chi connectivity index (χ2n) is 4.05. The summed E-state index contributed by atoms with van der Waals surface area (Å²) in [5, 5.41) is 4.84. The lowest BCUT2D eigenvalue weighted by molar-refractivity contribution is 0.305. The van der Waals surface area contributed by atoms with Crippen LogP contribution >= 0.6 is 11.3 Å². The van der Waals surface area contributed by atoms with Crippen LogP contribution in [0.2, 0.25) is 0 Å². The van der Waals surface area contributed by atoms with Crippen LogP contribution in [0.5, 0.6) is 5.88 Å². The molecule has 0 atom stereocenters. The Morgan fingerprint density at radius 1 is 1.47 bits per heavy atom. The molecule has 2 rings (SSSR count). The molecule has 2 N–H and O–H groups in total. The van der Waals surface area contributed by atoms with Crippen molar-refractivity contribution in [3.63, 3.8) is 0 Å². The molecule has 7 heteroatoms. The topological polar surface area (TPSA) is 79.9 Å². The van der Waals surface area contributed by atoms with Gasteiger partial charge in [0, 0.05) is 22.8 Å². The Hall–Kier alpha value is -1.89. The highest BCUT2D eigenvalue weighted by Gasteiger charge is 2.04. The van der Waals surface area contributed by atoms with Gasteiger partial charge < -0.3 is 15.0 Å². The van der Waals surface area contributed by atoms with Gasteiger partial charge in [-0.25, -0.2) is 4.98 Å². The van der Waals surface area contributed by atoms with Crippen molar-refractivity contribution < 1.29 is 4.74 Å². The molecular weight excluding hydrogens is 264 g/mol. The first kappa shape index (κ1) is 13.5. The second-order valence-corrected chi connectivity index (χ2v) is 4.89. The van der Waals surface area contributed by atoms with Gasteiger partial charge in [0.2, 0.25) is 11.8 Å². The lowest BCUT2D eigenvalue weighted by Crippen LogP contribution is -2.08. The average molecular weight is 280 g/mol. The van der Waals surface area contributed by atoms with E-state index in [2.05, 4.69) is 20.3 Å². The van der Waals surface area contributed by atoms with Gasteiger partial charge in [0.15, 0.2) is 0 Å². The smallest absolute Gasteiger partial charge is 0.304 e. The number of aromatic amines is 1. The van der Waals surface area contributed by atoms with E-state index in [1.807, 2.05) is 13.8 Å². The molecule has 0 radical (unpaired) electrons. The Balaban J connectivity index is 2.02. The molecule has 0 aliphatic rings. The number of thiazole rings is 1. The van der Waals surface area contributed by atoms with Crippen LogP contribution in [0.3, 0.4) is 0 Å². The zero-order valence-corrected chi connectivity index (χ0v) is 11.7. The van der Waals surface area contributed by atoms with Gasteiger partial charge in [-0.1, -0.05) is 18.3 Å². The van der Waals surface area contributed by atoms with Crippen LogP contribution in [0.25, 0.3) is 0 Å². The highest BCUT2D eigenvalue weighted by molar-refractivity contribution is 7.07. The fourth-order valence-corrected chi connectivity index (χ4v) is 2.06.